The predicted molar refractivity (Wildman–Crippen MR) is 83.7 cm³/mol. The third-order valence-corrected chi connectivity index (χ3v) is 4.06. The van der Waals surface area contributed by atoms with Gasteiger partial charge in [-0.1, -0.05) is 31.1 Å². The van der Waals surface area contributed by atoms with E-state index in [1.807, 2.05) is 0 Å². The van der Waals surface area contributed by atoms with Gasteiger partial charge < -0.3 is 11.1 Å². The molecule has 0 spiro atoms. The molecule has 1 aliphatic carbocycles. The zero-order valence-electron chi connectivity index (χ0n) is 12.6. The average molecular weight is 285 g/mol. The van der Waals surface area contributed by atoms with Gasteiger partial charge in [-0.15, -0.1) is 0 Å². The largest absolute Gasteiger partial charge is 0.348 e. The van der Waals surface area contributed by atoms with E-state index >= 15 is 0 Å². The molecule has 0 aromatic carbocycles. The Bertz CT molecular complexity index is 538. The van der Waals surface area contributed by atoms with Gasteiger partial charge >= 0.3 is 0 Å². The Morgan fingerprint density at radius 3 is 2.95 bits per heavy atom. The summed E-state index contributed by atoms with van der Waals surface area (Å²) in [7, 11) is 0. The lowest BCUT2D eigenvalue weighted by atomic mass is 9.84. The van der Waals surface area contributed by atoms with Crippen LogP contribution in [0.1, 0.15) is 55.1 Å². The Morgan fingerprint density at radius 1 is 1.48 bits per heavy atom. The summed E-state index contributed by atoms with van der Waals surface area (Å²) in [5.41, 5.74) is 6.41. The molecule has 21 heavy (non-hydrogen) atoms. The SMILES string of the molecule is CC(NC(=O)c1ncccc1C#CCN)C1CCCCC1. The van der Waals surface area contributed by atoms with Gasteiger partial charge in [-0.2, -0.15) is 0 Å². The van der Waals surface area contributed by atoms with Crippen molar-refractivity contribution in [3.8, 4) is 11.8 Å². The van der Waals surface area contributed by atoms with Crippen LogP contribution in [0.2, 0.25) is 0 Å². The third kappa shape index (κ3) is 4.30. The van der Waals surface area contributed by atoms with Gasteiger partial charge in [0.05, 0.1) is 12.1 Å². The molecule has 3 N–H and O–H groups in total. The van der Waals surface area contributed by atoms with Gasteiger partial charge in [0.1, 0.15) is 5.69 Å². The lowest BCUT2D eigenvalue weighted by Gasteiger charge is -2.28. The van der Waals surface area contributed by atoms with Crippen LogP contribution in [0.3, 0.4) is 0 Å². The molecule has 0 radical (unpaired) electrons. The average Bonchev–Trinajstić information content (AvgIpc) is 2.54. The Hall–Kier alpha value is -1.86. The quantitative estimate of drug-likeness (QED) is 0.836. The molecular weight excluding hydrogens is 262 g/mol. The number of hydrogen-bond donors (Lipinski definition) is 2. The van der Waals surface area contributed by atoms with Gasteiger partial charge in [0.2, 0.25) is 0 Å². The Morgan fingerprint density at radius 2 is 2.24 bits per heavy atom. The van der Waals surface area contributed by atoms with Crippen molar-refractivity contribution in [1.29, 1.82) is 0 Å². The fourth-order valence-electron chi connectivity index (χ4n) is 2.86. The van der Waals surface area contributed by atoms with Gasteiger partial charge in [-0.3, -0.25) is 4.79 Å². The molecule has 1 fully saturated rings. The van der Waals surface area contributed by atoms with Crippen LogP contribution in [0.4, 0.5) is 0 Å². The van der Waals surface area contributed by atoms with E-state index in [2.05, 4.69) is 29.1 Å². The van der Waals surface area contributed by atoms with E-state index < -0.39 is 0 Å². The highest BCUT2D eigenvalue weighted by atomic mass is 16.1. The van der Waals surface area contributed by atoms with Crippen LogP contribution < -0.4 is 11.1 Å². The van der Waals surface area contributed by atoms with Crippen molar-refractivity contribution < 1.29 is 4.79 Å². The fourth-order valence-corrected chi connectivity index (χ4v) is 2.86. The first-order valence-corrected chi connectivity index (χ1v) is 7.67. The normalized spacial score (nSPS) is 16.7. The second kappa shape index (κ2) is 7.80. The Kier molecular flexibility index (Phi) is 5.77. The van der Waals surface area contributed by atoms with E-state index in [-0.39, 0.29) is 18.5 Å². The maximum absolute atomic E-state index is 12.4. The Labute approximate surface area is 126 Å². The number of carbonyl (C=O) groups is 1. The fraction of sp³-hybridized carbons (Fsp3) is 0.529. The first-order chi connectivity index (χ1) is 10.2. The van der Waals surface area contributed by atoms with Crippen LogP contribution in [-0.2, 0) is 0 Å². The van der Waals surface area contributed by atoms with Crippen molar-refractivity contribution in [3.05, 3.63) is 29.6 Å². The van der Waals surface area contributed by atoms with Crippen molar-refractivity contribution in [3.63, 3.8) is 0 Å². The molecule has 1 aromatic rings. The molecule has 2 rings (SSSR count). The molecular formula is C17H23N3O. The molecule has 1 saturated carbocycles. The topological polar surface area (TPSA) is 68.0 Å². The summed E-state index contributed by atoms with van der Waals surface area (Å²) in [6.07, 6.45) is 7.86. The van der Waals surface area contributed by atoms with Crippen molar-refractivity contribution in [2.24, 2.45) is 11.7 Å². The number of carbonyl (C=O) groups excluding carboxylic acids is 1. The van der Waals surface area contributed by atoms with E-state index in [4.69, 9.17) is 5.73 Å². The number of amides is 1. The van der Waals surface area contributed by atoms with Gasteiger partial charge in [0, 0.05) is 12.2 Å². The van der Waals surface area contributed by atoms with Gasteiger partial charge in [0.15, 0.2) is 0 Å². The number of nitrogens with two attached hydrogens (primary N) is 1. The highest BCUT2D eigenvalue weighted by molar-refractivity contribution is 5.94. The summed E-state index contributed by atoms with van der Waals surface area (Å²) in [6, 6.07) is 3.76. The molecule has 4 nitrogen and oxygen atoms in total. The summed E-state index contributed by atoms with van der Waals surface area (Å²) in [4.78, 5) is 16.6. The number of nitrogens with one attached hydrogen (secondary N) is 1. The van der Waals surface area contributed by atoms with Crippen LogP contribution >= 0.6 is 0 Å². The Balaban J connectivity index is 2.05. The van der Waals surface area contributed by atoms with Crippen LogP contribution in [0.25, 0.3) is 0 Å². The third-order valence-electron chi connectivity index (χ3n) is 4.06. The van der Waals surface area contributed by atoms with E-state index in [0.29, 0.717) is 17.2 Å². The molecule has 1 atom stereocenters. The molecule has 1 heterocycles. The van der Waals surface area contributed by atoms with Crippen molar-refractivity contribution in [2.75, 3.05) is 6.54 Å². The second-order valence-electron chi connectivity index (χ2n) is 5.57. The zero-order chi connectivity index (χ0) is 15.1. The molecule has 0 aliphatic heterocycles. The van der Waals surface area contributed by atoms with Crippen molar-refractivity contribution in [2.45, 2.75) is 45.1 Å². The van der Waals surface area contributed by atoms with Crippen LogP contribution in [0.5, 0.6) is 0 Å². The second-order valence-corrected chi connectivity index (χ2v) is 5.57. The van der Waals surface area contributed by atoms with E-state index in [0.717, 1.165) is 0 Å². The molecule has 1 amide bonds. The monoisotopic (exact) mass is 285 g/mol. The molecule has 1 aromatic heterocycles. The molecule has 4 heteroatoms. The van der Waals surface area contributed by atoms with Gasteiger partial charge in [-0.05, 0) is 37.8 Å². The summed E-state index contributed by atoms with van der Waals surface area (Å²) in [6.45, 7) is 2.36. The first kappa shape index (κ1) is 15.5. The number of hydrogen-bond acceptors (Lipinski definition) is 3. The minimum absolute atomic E-state index is 0.144. The molecule has 1 aliphatic rings. The lowest BCUT2D eigenvalue weighted by Crippen LogP contribution is -2.39. The predicted octanol–water partition coefficient (Wildman–Crippen LogP) is 2.09. The van der Waals surface area contributed by atoms with Gasteiger partial charge in [-0.25, -0.2) is 4.98 Å². The van der Waals surface area contributed by atoms with Crippen LogP contribution in [-0.4, -0.2) is 23.5 Å². The molecule has 112 valence electrons. The van der Waals surface area contributed by atoms with Gasteiger partial charge in [0.25, 0.3) is 5.91 Å². The minimum Gasteiger partial charge on any atom is -0.348 e. The summed E-state index contributed by atoms with van der Waals surface area (Å²) in [5.74, 6) is 6.11. The van der Waals surface area contributed by atoms with Crippen LogP contribution in [0.15, 0.2) is 18.3 Å². The minimum atomic E-state index is -0.144. The number of nitrogens with zero attached hydrogens (tertiary/aromatic N) is 1. The first-order valence-electron chi connectivity index (χ1n) is 7.67. The van der Waals surface area contributed by atoms with Crippen molar-refractivity contribution >= 4 is 5.91 Å². The lowest BCUT2D eigenvalue weighted by molar-refractivity contribution is 0.0914. The number of aromatic nitrogens is 1. The number of rotatable bonds is 3. The highest BCUT2D eigenvalue weighted by Gasteiger charge is 2.22. The zero-order valence-corrected chi connectivity index (χ0v) is 12.6. The van der Waals surface area contributed by atoms with E-state index in [9.17, 15) is 4.79 Å². The van der Waals surface area contributed by atoms with Crippen molar-refractivity contribution in [1.82, 2.24) is 10.3 Å². The highest BCUT2D eigenvalue weighted by Crippen LogP contribution is 2.26. The standard InChI is InChI=1S/C17H23N3O/c1-13(14-7-3-2-4-8-14)20-17(21)16-15(9-5-11-18)10-6-12-19-16/h6,10,12-14H,2-4,7-8,11,18H2,1H3,(H,20,21). The summed E-state index contributed by atoms with van der Waals surface area (Å²) in [5, 5.41) is 3.08. The maximum Gasteiger partial charge on any atom is 0.271 e. The number of pyridine rings is 1. The molecule has 0 saturated heterocycles. The van der Waals surface area contributed by atoms with Crippen LogP contribution in [0, 0.1) is 17.8 Å². The summed E-state index contributed by atoms with van der Waals surface area (Å²) >= 11 is 0. The summed E-state index contributed by atoms with van der Waals surface area (Å²) < 4.78 is 0. The molecule has 1 unspecified atom stereocenters. The van der Waals surface area contributed by atoms with E-state index in [1.165, 1.54) is 32.1 Å². The smallest absolute Gasteiger partial charge is 0.271 e. The molecule has 0 bridgehead atoms. The van der Waals surface area contributed by atoms with E-state index in [1.54, 1.807) is 18.3 Å². The maximum atomic E-state index is 12.4.